The van der Waals surface area contributed by atoms with E-state index in [1.54, 1.807) is 6.07 Å². The molecule has 3 rings (SSSR count). The summed E-state index contributed by atoms with van der Waals surface area (Å²) in [5.74, 6) is 1.81. The van der Waals surface area contributed by atoms with Crippen LogP contribution in [0.3, 0.4) is 0 Å². The van der Waals surface area contributed by atoms with Crippen molar-refractivity contribution in [2.75, 3.05) is 6.61 Å². The zero-order valence-electron chi connectivity index (χ0n) is 13.6. The van der Waals surface area contributed by atoms with Crippen LogP contribution in [0.4, 0.5) is 0 Å². The van der Waals surface area contributed by atoms with Crippen LogP contribution in [0.5, 0.6) is 11.5 Å². The molecule has 23 heavy (non-hydrogen) atoms. The van der Waals surface area contributed by atoms with E-state index in [0.717, 1.165) is 17.6 Å². The third kappa shape index (κ3) is 3.31. The van der Waals surface area contributed by atoms with E-state index in [9.17, 15) is 4.79 Å². The molecule has 1 aliphatic heterocycles. The molecule has 0 N–H and O–H groups in total. The molecule has 0 radical (unpaired) electrons. The first-order chi connectivity index (χ1) is 11.1. The van der Waals surface area contributed by atoms with Gasteiger partial charge in [0, 0.05) is 23.6 Å². The summed E-state index contributed by atoms with van der Waals surface area (Å²) in [5.41, 5.74) is 1.14. The van der Waals surface area contributed by atoms with Gasteiger partial charge in [0.15, 0.2) is 5.43 Å². The van der Waals surface area contributed by atoms with E-state index in [2.05, 4.69) is 6.92 Å². The summed E-state index contributed by atoms with van der Waals surface area (Å²) in [6.07, 6.45) is 0.948. The van der Waals surface area contributed by atoms with Gasteiger partial charge in [-0.2, -0.15) is 0 Å². The lowest BCUT2D eigenvalue weighted by atomic mass is 10.1. The maximum absolute atomic E-state index is 12.3. The number of hydrogen-bond acceptors (Lipinski definition) is 4. The second kappa shape index (κ2) is 6.32. The van der Waals surface area contributed by atoms with Gasteiger partial charge in [-0.3, -0.25) is 4.79 Å². The van der Waals surface area contributed by atoms with Gasteiger partial charge >= 0.3 is 0 Å². The van der Waals surface area contributed by atoms with Crippen molar-refractivity contribution in [2.24, 2.45) is 0 Å². The van der Waals surface area contributed by atoms with Gasteiger partial charge in [-0.05, 0) is 38.5 Å². The summed E-state index contributed by atoms with van der Waals surface area (Å²) < 4.78 is 17.1. The third-order valence-electron chi connectivity index (χ3n) is 3.43. The van der Waals surface area contributed by atoms with Gasteiger partial charge < -0.3 is 13.9 Å². The van der Waals surface area contributed by atoms with Crippen LogP contribution in [0.25, 0.3) is 22.3 Å². The summed E-state index contributed by atoms with van der Waals surface area (Å²) >= 11 is 0. The lowest BCUT2D eigenvalue weighted by molar-refractivity contribution is 0.242. The highest BCUT2D eigenvalue weighted by Gasteiger charge is 2.14. The van der Waals surface area contributed by atoms with Crippen LogP contribution in [0.1, 0.15) is 27.2 Å². The molecule has 1 aromatic rings. The van der Waals surface area contributed by atoms with E-state index >= 15 is 0 Å². The standard InChI is InChI=1S/C19H20O4/c1-4-7-21-14-6-5-13-8-16-17(20)9-15(22-12(2)3)11-19(16)23-18(13)10-14/h5-6,8-12H,4,7H2,1-3H3. The van der Waals surface area contributed by atoms with Gasteiger partial charge in [0.25, 0.3) is 0 Å². The maximum Gasteiger partial charge on any atom is 0.193 e. The minimum absolute atomic E-state index is 0.00125. The number of benzene rings is 2. The second-order valence-corrected chi connectivity index (χ2v) is 5.79. The Morgan fingerprint density at radius 3 is 2.65 bits per heavy atom. The Morgan fingerprint density at radius 2 is 1.91 bits per heavy atom. The Labute approximate surface area is 135 Å². The minimum atomic E-state index is -0.102. The van der Waals surface area contributed by atoms with Crippen molar-refractivity contribution in [3.63, 3.8) is 0 Å². The van der Waals surface area contributed by atoms with Crippen LogP contribution in [0.2, 0.25) is 0 Å². The van der Waals surface area contributed by atoms with Crippen molar-refractivity contribution >= 4 is 11.0 Å². The van der Waals surface area contributed by atoms with Gasteiger partial charge in [-0.15, -0.1) is 0 Å². The molecule has 0 saturated heterocycles. The summed E-state index contributed by atoms with van der Waals surface area (Å²) in [4.78, 5) is 12.3. The number of hydrogen-bond donors (Lipinski definition) is 0. The van der Waals surface area contributed by atoms with Crippen LogP contribution in [-0.4, -0.2) is 12.7 Å². The van der Waals surface area contributed by atoms with Gasteiger partial charge in [0.2, 0.25) is 0 Å². The van der Waals surface area contributed by atoms with E-state index in [0.29, 0.717) is 29.3 Å². The number of fused-ring (bicyclic) bond motifs is 2. The Hall–Kier alpha value is -2.49. The average molecular weight is 312 g/mol. The fourth-order valence-corrected chi connectivity index (χ4v) is 2.45. The molecule has 2 aliphatic rings. The molecular weight excluding hydrogens is 292 g/mol. The molecule has 0 unspecified atom stereocenters. The molecule has 0 spiro atoms. The van der Waals surface area contributed by atoms with E-state index in [-0.39, 0.29) is 11.5 Å². The molecular formula is C19H20O4. The van der Waals surface area contributed by atoms with E-state index < -0.39 is 0 Å². The molecule has 4 nitrogen and oxygen atoms in total. The third-order valence-corrected chi connectivity index (χ3v) is 3.43. The average Bonchev–Trinajstić information content (AvgIpc) is 2.50. The molecule has 1 aliphatic carbocycles. The first-order valence-corrected chi connectivity index (χ1v) is 7.88. The van der Waals surface area contributed by atoms with Crippen molar-refractivity contribution in [3.8, 4) is 22.8 Å². The van der Waals surface area contributed by atoms with Crippen molar-refractivity contribution in [1.82, 2.24) is 0 Å². The highest BCUT2D eigenvalue weighted by Crippen LogP contribution is 2.30. The molecule has 0 aromatic heterocycles. The zero-order chi connectivity index (χ0) is 16.4. The number of ether oxygens (including phenoxy) is 2. The van der Waals surface area contributed by atoms with Crippen molar-refractivity contribution in [2.45, 2.75) is 33.3 Å². The summed E-state index contributed by atoms with van der Waals surface area (Å²) in [6.45, 7) is 6.56. The molecule has 0 fully saturated rings. The molecule has 0 saturated carbocycles. The second-order valence-electron chi connectivity index (χ2n) is 5.79. The molecule has 1 heterocycles. The lowest BCUT2D eigenvalue weighted by Crippen LogP contribution is -2.10. The van der Waals surface area contributed by atoms with Gasteiger partial charge in [-0.25, -0.2) is 0 Å². The zero-order valence-corrected chi connectivity index (χ0v) is 13.6. The summed E-state index contributed by atoms with van der Waals surface area (Å²) in [5, 5.41) is 0.871. The molecule has 0 bridgehead atoms. The van der Waals surface area contributed by atoms with Crippen LogP contribution in [0, 0.1) is 0 Å². The fourth-order valence-electron chi connectivity index (χ4n) is 2.45. The quantitative estimate of drug-likeness (QED) is 0.652. The van der Waals surface area contributed by atoms with Gasteiger partial charge in [0.05, 0.1) is 18.3 Å². The van der Waals surface area contributed by atoms with E-state index in [1.807, 2.05) is 38.1 Å². The van der Waals surface area contributed by atoms with E-state index in [4.69, 9.17) is 13.9 Å². The minimum Gasteiger partial charge on any atom is -0.493 e. The summed E-state index contributed by atoms with van der Waals surface area (Å²) in [7, 11) is 0. The topological polar surface area (TPSA) is 48.7 Å². The van der Waals surface area contributed by atoms with Gasteiger partial charge in [-0.1, -0.05) is 6.92 Å². The molecule has 120 valence electrons. The Bertz CT molecular complexity index is 848. The van der Waals surface area contributed by atoms with Crippen LogP contribution < -0.4 is 14.9 Å². The van der Waals surface area contributed by atoms with Crippen LogP contribution >= 0.6 is 0 Å². The predicted molar refractivity (Wildman–Crippen MR) is 90.7 cm³/mol. The largest absolute Gasteiger partial charge is 0.493 e. The van der Waals surface area contributed by atoms with Crippen molar-refractivity contribution in [1.29, 1.82) is 0 Å². The Kier molecular flexibility index (Phi) is 4.24. The monoisotopic (exact) mass is 312 g/mol. The Morgan fingerprint density at radius 1 is 1.09 bits per heavy atom. The van der Waals surface area contributed by atoms with Crippen molar-refractivity contribution in [3.05, 3.63) is 46.6 Å². The molecule has 4 heteroatoms. The normalized spacial score (nSPS) is 11.3. The van der Waals surface area contributed by atoms with Crippen LogP contribution in [0.15, 0.2) is 45.6 Å². The Balaban J connectivity index is 2.10. The number of rotatable bonds is 5. The molecule has 0 amide bonds. The first kappa shape index (κ1) is 15.4. The fraction of sp³-hybridized carbons (Fsp3) is 0.316. The lowest BCUT2D eigenvalue weighted by Gasteiger charge is -2.12. The highest BCUT2D eigenvalue weighted by molar-refractivity contribution is 5.84. The molecule has 1 aromatic carbocycles. The van der Waals surface area contributed by atoms with Gasteiger partial charge in [0.1, 0.15) is 22.8 Å². The first-order valence-electron chi connectivity index (χ1n) is 7.88. The summed E-state index contributed by atoms with van der Waals surface area (Å²) in [6, 6.07) is 10.8. The van der Waals surface area contributed by atoms with Crippen molar-refractivity contribution < 1.29 is 13.9 Å². The highest BCUT2D eigenvalue weighted by atomic mass is 16.5. The molecule has 0 atom stereocenters. The predicted octanol–water partition coefficient (Wildman–Crippen LogP) is 4.47. The van der Waals surface area contributed by atoms with E-state index in [1.165, 1.54) is 6.07 Å². The smallest absolute Gasteiger partial charge is 0.193 e. The maximum atomic E-state index is 12.3. The van der Waals surface area contributed by atoms with Crippen LogP contribution in [-0.2, 0) is 0 Å². The SMILES string of the molecule is CCCOc1ccc2cc3c(=O)cc(OC(C)C)cc-3oc2c1.